The van der Waals surface area contributed by atoms with Crippen LogP contribution in [0.25, 0.3) is 11.7 Å². The van der Waals surface area contributed by atoms with Gasteiger partial charge in [0.2, 0.25) is 17.8 Å². The van der Waals surface area contributed by atoms with Gasteiger partial charge in [-0.3, -0.25) is 14.9 Å². The fraction of sp³-hybridized carbons (Fsp3) is 0.348. The zero-order valence-electron chi connectivity index (χ0n) is 17.8. The van der Waals surface area contributed by atoms with Crippen molar-refractivity contribution in [1.82, 2.24) is 24.9 Å². The first-order valence-electron chi connectivity index (χ1n) is 11.0. The molecule has 164 valence electrons. The van der Waals surface area contributed by atoms with Gasteiger partial charge < -0.3 is 10.6 Å². The number of hydrogen-bond acceptors (Lipinski definition) is 7. The van der Waals surface area contributed by atoms with E-state index < -0.39 is 0 Å². The number of carbonyl (C=O) groups is 2. The van der Waals surface area contributed by atoms with E-state index in [9.17, 15) is 9.59 Å². The number of anilines is 2. The minimum atomic E-state index is -0.370. The third-order valence-corrected chi connectivity index (χ3v) is 5.61. The third-order valence-electron chi connectivity index (χ3n) is 5.61. The van der Waals surface area contributed by atoms with Crippen molar-refractivity contribution in [3.05, 3.63) is 53.2 Å². The van der Waals surface area contributed by atoms with Crippen LogP contribution in [0, 0.1) is 0 Å². The van der Waals surface area contributed by atoms with Gasteiger partial charge in [0.25, 0.3) is 5.91 Å². The van der Waals surface area contributed by atoms with Crippen LogP contribution < -0.4 is 16.0 Å². The second-order valence-electron chi connectivity index (χ2n) is 8.24. The fourth-order valence-electron chi connectivity index (χ4n) is 3.83. The molecule has 0 spiro atoms. The summed E-state index contributed by atoms with van der Waals surface area (Å²) in [5.74, 6) is 0.441. The lowest BCUT2D eigenvalue weighted by Gasteiger charge is -2.19. The summed E-state index contributed by atoms with van der Waals surface area (Å²) in [4.78, 5) is 33.0. The Labute approximate surface area is 185 Å². The summed E-state index contributed by atoms with van der Waals surface area (Å²) in [6, 6.07) is 10.7. The average Bonchev–Trinajstić information content (AvgIpc) is 3.42. The maximum Gasteiger partial charge on any atom is 0.254 e. The zero-order valence-corrected chi connectivity index (χ0v) is 17.8. The molecule has 1 aliphatic heterocycles. The molecule has 0 radical (unpaired) electrons. The number of amides is 2. The van der Waals surface area contributed by atoms with Crippen LogP contribution in [0.1, 0.15) is 56.2 Å². The van der Waals surface area contributed by atoms with Crippen LogP contribution in [0.5, 0.6) is 0 Å². The van der Waals surface area contributed by atoms with Crippen LogP contribution in [-0.2, 0) is 9.59 Å². The first-order valence-corrected chi connectivity index (χ1v) is 11.0. The van der Waals surface area contributed by atoms with Crippen LogP contribution in [0.15, 0.2) is 42.1 Å². The van der Waals surface area contributed by atoms with Gasteiger partial charge in [0.05, 0.1) is 18.7 Å². The molecule has 2 amide bonds. The molecule has 1 saturated heterocycles. The highest BCUT2D eigenvalue weighted by molar-refractivity contribution is 6.15. The lowest BCUT2D eigenvalue weighted by atomic mass is 10.0. The van der Waals surface area contributed by atoms with Crippen molar-refractivity contribution in [2.24, 2.45) is 0 Å². The molecule has 3 heterocycles. The highest BCUT2D eigenvalue weighted by Crippen LogP contribution is 2.28. The molecule has 2 aromatic heterocycles. The van der Waals surface area contributed by atoms with Crippen molar-refractivity contribution in [2.45, 2.75) is 51.1 Å². The maximum absolute atomic E-state index is 12.0. The number of nitrogens with one attached hydrogen (secondary N) is 3. The summed E-state index contributed by atoms with van der Waals surface area (Å²) in [6.07, 6.45) is 7.52. The number of nitrogens with zero attached hydrogens (tertiary/aromatic N) is 4. The Kier molecular flexibility index (Phi) is 5.30. The molecule has 0 bridgehead atoms. The summed E-state index contributed by atoms with van der Waals surface area (Å²) in [7, 11) is 0. The Balaban J connectivity index is 1.54. The first-order chi connectivity index (χ1) is 15.6. The van der Waals surface area contributed by atoms with Gasteiger partial charge in [-0.15, -0.1) is 0 Å². The summed E-state index contributed by atoms with van der Waals surface area (Å²) >= 11 is 0. The molecule has 32 heavy (non-hydrogen) atoms. The van der Waals surface area contributed by atoms with Gasteiger partial charge in [-0.2, -0.15) is 19.6 Å². The quantitative estimate of drug-likeness (QED) is 0.371. The Morgan fingerprint density at radius 3 is 2.72 bits per heavy atom. The number of aromatic nitrogens is 4. The zero-order chi connectivity index (χ0) is 22.1. The average molecular weight is 432 g/mol. The standard InChI is InChI=1S/C23H25N7O2/c1-2-6-18(14-7-4-3-5-8-14)26-22-28-20-16(11-15-12-19(31)27-21(15)32)13-24-30(20)23(29-22)25-17-9-10-17/h3-5,7-8,11,13,17-18H,2,6,9-10,12H2,1H3,(H,27,31,32)(H2,25,26,28,29)/b15-11+. The number of imide groups is 1. The van der Waals surface area contributed by atoms with Crippen molar-refractivity contribution in [3.63, 3.8) is 0 Å². The van der Waals surface area contributed by atoms with Gasteiger partial charge in [-0.1, -0.05) is 43.7 Å². The maximum atomic E-state index is 12.0. The molecule has 1 aromatic carbocycles. The fourth-order valence-corrected chi connectivity index (χ4v) is 3.83. The van der Waals surface area contributed by atoms with Gasteiger partial charge in [0.15, 0.2) is 5.65 Å². The first kappa shape index (κ1) is 20.2. The molecule has 9 heteroatoms. The molecular weight excluding hydrogens is 406 g/mol. The Morgan fingerprint density at radius 1 is 1.22 bits per heavy atom. The summed E-state index contributed by atoms with van der Waals surface area (Å²) in [5, 5.41) is 13.7. The largest absolute Gasteiger partial charge is 0.351 e. The van der Waals surface area contributed by atoms with E-state index in [-0.39, 0.29) is 24.3 Å². The number of fused-ring (bicyclic) bond motifs is 1. The molecule has 1 saturated carbocycles. The minimum Gasteiger partial charge on any atom is -0.351 e. The van der Waals surface area contributed by atoms with Gasteiger partial charge in [0.1, 0.15) is 0 Å². The van der Waals surface area contributed by atoms with Gasteiger partial charge in [0, 0.05) is 17.2 Å². The number of rotatable bonds is 8. The molecule has 1 unspecified atom stereocenters. The number of carbonyl (C=O) groups excluding carboxylic acids is 2. The molecule has 9 nitrogen and oxygen atoms in total. The summed E-state index contributed by atoms with van der Waals surface area (Å²) in [6.45, 7) is 2.15. The second kappa shape index (κ2) is 8.41. The predicted molar refractivity (Wildman–Crippen MR) is 121 cm³/mol. The molecule has 2 fully saturated rings. The lowest BCUT2D eigenvalue weighted by molar-refractivity contribution is -0.124. The smallest absolute Gasteiger partial charge is 0.254 e. The predicted octanol–water partition coefficient (Wildman–Crippen LogP) is 3.08. The molecule has 3 aromatic rings. The van der Waals surface area contributed by atoms with Crippen LogP contribution in [0.4, 0.5) is 11.9 Å². The van der Waals surface area contributed by atoms with E-state index in [0.29, 0.717) is 34.7 Å². The van der Waals surface area contributed by atoms with E-state index in [1.165, 1.54) is 5.56 Å². The summed E-state index contributed by atoms with van der Waals surface area (Å²) in [5.41, 5.74) is 2.82. The van der Waals surface area contributed by atoms with Crippen molar-refractivity contribution < 1.29 is 9.59 Å². The van der Waals surface area contributed by atoms with E-state index in [2.05, 4.69) is 40.1 Å². The Hall–Kier alpha value is -3.75. The SMILES string of the molecule is CCCC(Nc1nc(NC2CC2)n2ncc(/C=C3\CC(=O)NC3=O)c2n1)c1ccccc1. The number of hydrogen-bond donors (Lipinski definition) is 3. The molecule has 2 aliphatic rings. The molecule has 1 aliphatic carbocycles. The molecular formula is C23H25N7O2. The van der Waals surface area contributed by atoms with E-state index in [4.69, 9.17) is 9.97 Å². The molecule has 3 N–H and O–H groups in total. The topological polar surface area (TPSA) is 113 Å². The van der Waals surface area contributed by atoms with Gasteiger partial charge in [-0.05, 0) is 30.9 Å². The highest BCUT2D eigenvalue weighted by Gasteiger charge is 2.26. The van der Waals surface area contributed by atoms with Crippen LogP contribution in [-0.4, -0.2) is 37.4 Å². The van der Waals surface area contributed by atoms with Crippen LogP contribution >= 0.6 is 0 Å². The van der Waals surface area contributed by atoms with Crippen molar-refractivity contribution in [2.75, 3.05) is 10.6 Å². The number of benzene rings is 1. The van der Waals surface area contributed by atoms with Crippen LogP contribution in [0.2, 0.25) is 0 Å². The minimum absolute atomic E-state index is 0.0616. The van der Waals surface area contributed by atoms with Gasteiger partial charge in [-0.25, -0.2) is 0 Å². The van der Waals surface area contributed by atoms with Crippen molar-refractivity contribution in [3.8, 4) is 0 Å². The van der Waals surface area contributed by atoms with E-state index in [1.807, 2.05) is 18.2 Å². The van der Waals surface area contributed by atoms with E-state index >= 15 is 0 Å². The third kappa shape index (κ3) is 4.18. The van der Waals surface area contributed by atoms with E-state index in [0.717, 1.165) is 25.7 Å². The molecule has 1 atom stereocenters. The highest BCUT2D eigenvalue weighted by atomic mass is 16.2. The van der Waals surface area contributed by atoms with Gasteiger partial charge >= 0.3 is 0 Å². The Morgan fingerprint density at radius 2 is 2.03 bits per heavy atom. The van der Waals surface area contributed by atoms with Crippen LogP contribution in [0.3, 0.4) is 0 Å². The normalized spacial score (nSPS) is 18.2. The van der Waals surface area contributed by atoms with Crippen molar-refractivity contribution >= 4 is 35.4 Å². The molecule has 5 rings (SSSR count). The summed E-state index contributed by atoms with van der Waals surface area (Å²) < 4.78 is 1.65. The van der Waals surface area contributed by atoms with Crippen molar-refractivity contribution in [1.29, 1.82) is 0 Å². The monoisotopic (exact) mass is 431 g/mol. The lowest BCUT2D eigenvalue weighted by Crippen LogP contribution is -2.19. The second-order valence-corrected chi connectivity index (χ2v) is 8.24. The Bertz CT molecular complexity index is 1200. The van der Waals surface area contributed by atoms with E-state index in [1.54, 1.807) is 16.8 Å².